The van der Waals surface area contributed by atoms with Crippen molar-refractivity contribution >= 4 is 23.2 Å². The summed E-state index contributed by atoms with van der Waals surface area (Å²) in [7, 11) is 1.68. The Balaban J connectivity index is 1.92. The Labute approximate surface area is 137 Å². The molecule has 0 amide bonds. The highest BCUT2D eigenvalue weighted by Crippen LogP contribution is 2.19. The number of aryl methyl sites for hydroxylation is 1. The number of hydrogen-bond donors (Lipinski definition) is 0. The van der Waals surface area contributed by atoms with Crippen molar-refractivity contribution in [3.63, 3.8) is 0 Å². The molecule has 0 saturated heterocycles. The van der Waals surface area contributed by atoms with E-state index in [1.54, 1.807) is 7.11 Å². The van der Waals surface area contributed by atoms with Gasteiger partial charge in [0.15, 0.2) is 0 Å². The minimum atomic E-state index is 0.873. The van der Waals surface area contributed by atoms with Crippen LogP contribution in [-0.4, -0.2) is 16.7 Å². The number of ether oxygens (including phenoxy) is 1. The monoisotopic (exact) mass is 306 g/mol. The maximum absolute atomic E-state index is 5.19. The van der Waals surface area contributed by atoms with Gasteiger partial charge in [0, 0.05) is 6.54 Å². The van der Waals surface area contributed by atoms with Crippen LogP contribution in [0.25, 0.3) is 23.2 Å². The molecule has 0 unspecified atom stereocenters. The number of nitrogens with zero attached hydrogens (tertiary/aromatic N) is 2. The van der Waals surface area contributed by atoms with Gasteiger partial charge in [0.2, 0.25) is 0 Å². The van der Waals surface area contributed by atoms with Crippen LogP contribution in [0.4, 0.5) is 0 Å². The molecule has 0 aliphatic heterocycles. The van der Waals surface area contributed by atoms with Crippen molar-refractivity contribution in [2.45, 2.75) is 26.3 Å². The molecule has 2 aromatic carbocycles. The second-order valence-electron chi connectivity index (χ2n) is 5.57. The normalized spacial score (nSPS) is 11.4. The van der Waals surface area contributed by atoms with E-state index in [9.17, 15) is 0 Å². The molecule has 118 valence electrons. The Bertz CT molecular complexity index is 800. The number of aromatic nitrogens is 2. The van der Waals surface area contributed by atoms with Crippen LogP contribution in [0.5, 0.6) is 5.75 Å². The molecule has 0 aliphatic carbocycles. The topological polar surface area (TPSA) is 27.1 Å². The molecule has 0 atom stereocenters. The van der Waals surface area contributed by atoms with Crippen molar-refractivity contribution in [1.29, 1.82) is 0 Å². The maximum atomic E-state index is 5.19. The fraction of sp³-hybridized carbons (Fsp3) is 0.250. The average Bonchev–Trinajstić information content (AvgIpc) is 2.96. The molecule has 0 fully saturated rings. The Morgan fingerprint density at radius 3 is 2.57 bits per heavy atom. The molecule has 1 aromatic heterocycles. The molecule has 0 radical (unpaired) electrons. The molecule has 3 aromatic rings. The summed E-state index contributed by atoms with van der Waals surface area (Å²) in [6, 6.07) is 16.4. The number of hydrogen-bond acceptors (Lipinski definition) is 2. The summed E-state index contributed by atoms with van der Waals surface area (Å²) < 4.78 is 7.50. The number of para-hydroxylation sites is 2. The quantitative estimate of drug-likeness (QED) is 0.639. The van der Waals surface area contributed by atoms with E-state index in [0.717, 1.165) is 35.6 Å². The predicted octanol–water partition coefficient (Wildman–Crippen LogP) is 5.02. The first-order chi connectivity index (χ1) is 11.3. The lowest BCUT2D eigenvalue weighted by Gasteiger charge is -2.05. The van der Waals surface area contributed by atoms with Gasteiger partial charge >= 0.3 is 0 Å². The van der Waals surface area contributed by atoms with Crippen molar-refractivity contribution in [1.82, 2.24) is 9.55 Å². The second kappa shape index (κ2) is 7.14. The summed E-state index contributed by atoms with van der Waals surface area (Å²) in [4.78, 5) is 4.77. The third-order valence-electron chi connectivity index (χ3n) is 3.96. The molecular formula is C20H22N2O. The lowest BCUT2D eigenvalue weighted by molar-refractivity contribution is 0.415. The molecular weight excluding hydrogens is 284 g/mol. The third-order valence-corrected chi connectivity index (χ3v) is 3.96. The number of imidazole rings is 1. The molecule has 0 N–H and O–H groups in total. The van der Waals surface area contributed by atoms with E-state index in [0.29, 0.717) is 0 Å². The zero-order valence-electron chi connectivity index (χ0n) is 13.7. The first kappa shape index (κ1) is 15.3. The highest BCUT2D eigenvalue weighted by Gasteiger charge is 2.07. The highest BCUT2D eigenvalue weighted by atomic mass is 16.5. The van der Waals surface area contributed by atoms with Crippen molar-refractivity contribution < 1.29 is 4.74 Å². The minimum Gasteiger partial charge on any atom is -0.497 e. The van der Waals surface area contributed by atoms with E-state index in [1.807, 2.05) is 30.3 Å². The minimum absolute atomic E-state index is 0.873. The van der Waals surface area contributed by atoms with Crippen LogP contribution in [-0.2, 0) is 6.54 Å². The Morgan fingerprint density at radius 1 is 1.04 bits per heavy atom. The van der Waals surface area contributed by atoms with Gasteiger partial charge in [-0.15, -0.1) is 0 Å². The molecule has 0 aliphatic rings. The van der Waals surface area contributed by atoms with Crippen molar-refractivity contribution in [2.24, 2.45) is 0 Å². The van der Waals surface area contributed by atoms with Crippen LogP contribution in [0.15, 0.2) is 48.5 Å². The summed E-state index contributed by atoms with van der Waals surface area (Å²) in [5.74, 6) is 1.88. The van der Waals surface area contributed by atoms with Crippen LogP contribution in [0.2, 0.25) is 0 Å². The van der Waals surface area contributed by atoms with Gasteiger partial charge in [-0.1, -0.05) is 43.7 Å². The Kier molecular flexibility index (Phi) is 4.77. The van der Waals surface area contributed by atoms with Crippen LogP contribution in [0.1, 0.15) is 31.2 Å². The summed E-state index contributed by atoms with van der Waals surface area (Å²) >= 11 is 0. The molecule has 0 spiro atoms. The summed E-state index contributed by atoms with van der Waals surface area (Å²) in [6.45, 7) is 3.21. The third kappa shape index (κ3) is 3.45. The van der Waals surface area contributed by atoms with Gasteiger partial charge in [0.25, 0.3) is 0 Å². The van der Waals surface area contributed by atoms with E-state index < -0.39 is 0 Å². The van der Waals surface area contributed by atoms with Crippen molar-refractivity contribution in [2.75, 3.05) is 7.11 Å². The van der Waals surface area contributed by atoms with Crippen molar-refractivity contribution in [3.8, 4) is 5.75 Å². The number of fused-ring (bicyclic) bond motifs is 1. The Morgan fingerprint density at radius 2 is 1.83 bits per heavy atom. The maximum Gasteiger partial charge on any atom is 0.133 e. The van der Waals surface area contributed by atoms with Crippen LogP contribution in [0, 0.1) is 0 Å². The molecule has 3 rings (SSSR count). The van der Waals surface area contributed by atoms with Crippen LogP contribution < -0.4 is 4.74 Å². The summed E-state index contributed by atoms with van der Waals surface area (Å²) in [5.41, 5.74) is 3.40. The number of benzene rings is 2. The van der Waals surface area contributed by atoms with Gasteiger partial charge in [-0.2, -0.15) is 0 Å². The van der Waals surface area contributed by atoms with E-state index >= 15 is 0 Å². The summed E-state index contributed by atoms with van der Waals surface area (Å²) in [6.07, 6.45) is 6.53. The molecule has 0 bridgehead atoms. The van der Waals surface area contributed by atoms with Gasteiger partial charge in [-0.25, -0.2) is 4.98 Å². The summed E-state index contributed by atoms with van der Waals surface area (Å²) in [5, 5.41) is 0. The Hall–Kier alpha value is -2.55. The molecule has 3 heteroatoms. The van der Waals surface area contributed by atoms with Gasteiger partial charge in [0.1, 0.15) is 11.6 Å². The lowest BCUT2D eigenvalue weighted by Crippen LogP contribution is -2.00. The standard InChI is InChI=1S/C20H22N2O/c1-3-4-15-22-19-8-6-5-7-18(19)21-20(22)14-11-16-9-12-17(23-2)13-10-16/h5-14H,3-4,15H2,1-2H3/b14-11+. The fourth-order valence-corrected chi connectivity index (χ4v) is 2.66. The van der Waals surface area contributed by atoms with Gasteiger partial charge in [0.05, 0.1) is 18.1 Å². The zero-order valence-corrected chi connectivity index (χ0v) is 13.7. The fourth-order valence-electron chi connectivity index (χ4n) is 2.66. The SMILES string of the molecule is CCCCn1c(/C=C/c2ccc(OC)cc2)nc2ccccc21. The van der Waals surface area contributed by atoms with Gasteiger partial charge in [-0.3, -0.25) is 0 Å². The average molecular weight is 306 g/mol. The van der Waals surface area contributed by atoms with E-state index in [1.165, 1.54) is 11.9 Å². The second-order valence-corrected chi connectivity index (χ2v) is 5.57. The lowest BCUT2D eigenvalue weighted by atomic mass is 10.2. The molecule has 0 saturated carbocycles. The van der Waals surface area contributed by atoms with Crippen LogP contribution in [0.3, 0.4) is 0 Å². The first-order valence-electron chi connectivity index (χ1n) is 8.09. The van der Waals surface area contributed by atoms with E-state index in [2.05, 4.69) is 41.8 Å². The highest BCUT2D eigenvalue weighted by molar-refractivity contribution is 5.79. The van der Waals surface area contributed by atoms with Crippen molar-refractivity contribution in [3.05, 3.63) is 59.9 Å². The van der Waals surface area contributed by atoms with Gasteiger partial charge < -0.3 is 9.30 Å². The largest absolute Gasteiger partial charge is 0.497 e. The van der Waals surface area contributed by atoms with E-state index in [4.69, 9.17) is 9.72 Å². The van der Waals surface area contributed by atoms with Gasteiger partial charge in [-0.05, 0) is 42.3 Å². The first-order valence-corrected chi connectivity index (χ1v) is 8.09. The van der Waals surface area contributed by atoms with E-state index in [-0.39, 0.29) is 0 Å². The predicted molar refractivity (Wildman–Crippen MR) is 96.6 cm³/mol. The zero-order chi connectivity index (χ0) is 16.1. The molecule has 1 heterocycles. The molecule has 3 nitrogen and oxygen atoms in total. The number of rotatable bonds is 6. The number of methoxy groups -OCH3 is 1. The van der Waals surface area contributed by atoms with Crippen LogP contribution >= 0.6 is 0 Å². The molecule has 23 heavy (non-hydrogen) atoms. The number of unbranched alkanes of at least 4 members (excludes halogenated alkanes) is 1. The smallest absolute Gasteiger partial charge is 0.133 e.